The lowest BCUT2D eigenvalue weighted by atomic mass is 10.2. The summed E-state index contributed by atoms with van der Waals surface area (Å²) in [6.45, 7) is 3.11. The molecule has 0 saturated carbocycles. The minimum atomic E-state index is -0.218. The summed E-state index contributed by atoms with van der Waals surface area (Å²) in [5.74, 6) is 1.78. The molecule has 1 N–H and O–H groups in total. The lowest BCUT2D eigenvalue weighted by molar-refractivity contribution is 0.102. The predicted octanol–water partition coefficient (Wildman–Crippen LogP) is 4.71. The second kappa shape index (κ2) is 8.08. The first-order chi connectivity index (χ1) is 13.6. The third-order valence-electron chi connectivity index (χ3n) is 4.02. The fourth-order valence-electron chi connectivity index (χ4n) is 2.71. The van der Waals surface area contributed by atoms with Gasteiger partial charge in [0.05, 0.1) is 5.69 Å². The molecule has 0 aliphatic carbocycles. The number of anilines is 1. The molecule has 0 spiro atoms. The molecular weight excluding hydrogens is 400 g/mol. The Morgan fingerprint density at radius 1 is 1.18 bits per heavy atom. The van der Waals surface area contributed by atoms with E-state index >= 15 is 0 Å². The number of halogens is 1. The van der Waals surface area contributed by atoms with Crippen LogP contribution in [0.15, 0.2) is 42.5 Å². The number of ether oxygens (including phenoxy) is 3. The molecule has 1 aliphatic heterocycles. The Kier molecular flexibility index (Phi) is 5.36. The molecule has 4 rings (SSSR count). The van der Waals surface area contributed by atoms with Gasteiger partial charge in [-0.15, -0.1) is 11.3 Å². The second-order valence-electron chi connectivity index (χ2n) is 6.08. The zero-order chi connectivity index (χ0) is 19.5. The number of rotatable bonds is 5. The Balaban J connectivity index is 1.42. The van der Waals surface area contributed by atoms with Crippen molar-refractivity contribution in [3.05, 3.63) is 63.1 Å². The van der Waals surface area contributed by atoms with E-state index in [1.807, 2.05) is 0 Å². The summed E-state index contributed by atoms with van der Waals surface area (Å²) < 4.78 is 16.7. The molecule has 1 aromatic heterocycles. The van der Waals surface area contributed by atoms with Gasteiger partial charge >= 0.3 is 0 Å². The molecular formula is C20H17ClN2O4S. The summed E-state index contributed by atoms with van der Waals surface area (Å²) in [7, 11) is 0. The number of hydrogen-bond donors (Lipinski definition) is 1. The van der Waals surface area contributed by atoms with Crippen LogP contribution in [0.5, 0.6) is 17.2 Å². The van der Waals surface area contributed by atoms with Crippen molar-refractivity contribution in [2.24, 2.45) is 0 Å². The summed E-state index contributed by atoms with van der Waals surface area (Å²) in [5, 5.41) is 4.25. The van der Waals surface area contributed by atoms with Crippen molar-refractivity contribution in [1.82, 2.24) is 4.98 Å². The number of fused-ring (bicyclic) bond motifs is 1. The van der Waals surface area contributed by atoms with Crippen molar-refractivity contribution in [2.75, 3.05) is 18.5 Å². The van der Waals surface area contributed by atoms with Gasteiger partial charge < -0.3 is 19.5 Å². The van der Waals surface area contributed by atoms with Crippen LogP contribution in [0.3, 0.4) is 0 Å². The van der Waals surface area contributed by atoms with Crippen LogP contribution in [-0.2, 0) is 6.61 Å². The molecule has 3 aromatic rings. The summed E-state index contributed by atoms with van der Waals surface area (Å²) >= 11 is 7.18. The molecule has 1 aliphatic rings. The quantitative estimate of drug-likeness (QED) is 0.652. The Morgan fingerprint density at radius 2 is 1.93 bits per heavy atom. The van der Waals surface area contributed by atoms with Gasteiger partial charge in [0.25, 0.3) is 5.91 Å². The van der Waals surface area contributed by atoms with Gasteiger partial charge in [0, 0.05) is 16.8 Å². The number of nitrogens with zero attached hydrogens (tertiary/aromatic N) is 1. The van der Waals surface area contributed by atoms with Crippen molar-refractivity contribution in [1.29, 1.82) is 0 Å². The Morgan fingerprint density at radius 3 is 2.71 bits per heavy atom. The Labute approximate surface area is 171 Å². The van der Waals surface area contributed by atoms with E-state index in [2.05, 4.69) is 10.3 Å². The number of carbonyl (C=O) groups excluding carboxylic acids is 1. The maximum atomic E-state index is 12.7. The minimum Gasteiger partial charge on any atom is -0.486 e. The largest absolute Gasteiger partial charge is 0.486 e. The van der Waals surface area contributed by atoms with Gasteiger partial charge in [-0.2, -0.15) is 0 Å². The number of amides is 1. The first kappa shape index (κ1) is 18.6. The minimum absolute atomic E-state index is 0.218. The Bertz CT molecular complexity index is 1000. The number of hydrogen-bond acceptors (Lipinski definition) is 6. The molecule has 2 heterocycles. The number of thiazole rings is 1. The van der Waals surface area contributed by atoms with Crippen LogP contribution in [0.4, 0.5) is 5.69 Å². The fourth-order valence-corrected chi connectivity index (χ4v) is 3.71. The molecule has 144 valence electrons. The number of aromatic nitrogens is 1. The van der Waals surface area contributed by atoms with E-state index in [0.29, 0.717) is 51.7 Å². The molecule has 0 fully saturated rings. The summed E-state index contributed by atoms with van der Waals surface area (Å²) in [5.41, 5.74) is 1.30. The van der Waals surface area contributed by atoms with Gasteiger partial charge in [-0.05, 0) is 43.3 Å². The molecule has 8 heteroatoms. The topological polar surface area (TPSA) is 69.7 Å². The van der Waals surface area contributed by atoms with E-state index in [9.17, 15) is 4.79 Å². The number of nitrogens with one attached hydrogen (secondary N) is 1. The molecule has 28 heavy (non-hydrogen) atoms. The smallest absolute Gasteiger partial charge is 0.267 e. The van der Waals surface area contributed by atoms with E-state index < -0.39 is 0 Å². The van der Waals surface area contributed by atoms with Crippen molar-refractivity contribution >= 4 is 34.5 Å². The van der Waals surface area contributed by atoms with Crippen LogP contribution in [0.25, 0.3) is 0 Å². The van der Waals surface area contributed by atoms with Gasteiger partial charge in [-0.3, -0.25) is 4.79 Å². The van der Waals surface area contributed by atoms with Crippen LogP contribution >= 0.6 is 22.9 Å². The molecule has 0 unspecified atom stereocenters. The van der Waals surface area contributed by atoms with Crippen LogP contribution in [0, 0.1) is 6.92 Å². The lowest BCUT2D eigenvalue weighted by Gasteiger charge is -2.18. The van der Waals surface area contributed by atoms with Gasteiger partial charge in [-0.1, -0.05) is 11.6 Å². The highest BCUT2D eigenvalue weighted by atomic mass is 35.5. The van der Waals surface area contributed by atoms with Crippen molar-refractivity contribution in [2.45, 2.75) is 13.5 Å². The van der Waals surface area contributed by atoms with E-state index in [0.717, 1.165) is 5.01 Å². The lowest BCUT2D eigenvalue weighted by Crippen LogP contribution is -2.16. The van der Waals surface area contributed by atoms with Crippen LogP contribution in [0.2, 0.25) is 5.02 Å². The van der Waals surface area contributed by atoms with E-state index in [1.165, 1.54) is 11.3 Å². The number of benzene rings is 2. The maximum Gasteiger partial charge on any atom is 0.267 e. The highest BCUT2D eigenvalue weighted by Crippen LogP contribution is 2.33. The molecule has 0 saturated heterocycles. The van der Waals surface area contributed by atoms with Crippen molar-refractivity contribution in [3.8, 4) is 17.2 Å². The third kappa shape index (κ3) is 4.21. The zero-order valence-corrected chi connectivity index (χ0v) is 16.6. The molecule has 0 radical (unpaired) electrons. The highest BCUT2D eigenvalue weighted by Gasteiger charge is 2.18. The maximum absolute atomic E-state index is 12.7. The summed E-state index contributed by atoms with van der Waals surface area (Å²) in [4.78, 5) is 17.6. The molecule has 1 amide bonds. The monoisotopic (exact) mass is 416 g/mol. The number of aryl methyl sites for hydroxylation is 1. The molecule has 0 atom stereocenters. The molecule has 2 aromatic carbocycles. The predicted molar refractivity (Wildman–Crippen MR) is 108 cm³/mol. The average Bonchev–Trinajstić information content (AvgIpc) is 3.08. The van der Waals surface area contributed by atoms with Crippen LogP contribution in [0.1, 0.15) is 20.4 Å². The first-order valence-corrected chi connectivity index (χ1v) is 9.83. The average molecular weight is 417 g/mol. The first-order valence-electron chi connectivity index (χ1n) is 8.64. The fraction of sp³-hybridized carbons (Fsp3) is 0.200. The number of carbonyl (C=O) groups is 1. The van der Waals surface area contributed by atoms with Crippen molar-refractivity contribution in [3.63, 3.8) is 0 Å². The van der Waals surface area contributed by atoms with Gasteiger partial charge in [0.15, 0.2) is 11.5 Å². The van der Waals surface area contributed by atoms with E-state index in [4.69, 9.17) is 25.8 Å². The zero-order valence-electron chi connectivity index (χ0n) is 15.0. The van der Waals surface area contributed by atoms with Crippen molar-refractivity contribution < 1.29 is 19.0 Å². The molecule has 0 bridgehead atoms. The summed E-state index contributed by atoms with van der Waals surface area (Å²) in [6.07, 6.45) is 0. The standard InChI is InChI=1S/C20H17ClN2O4S/c1-12-19(28-18(22-12)11-27-15-5-2-13(21)3-6-15)20(24)23-14-4-7-16-17(10-14)26-9-8-25-16/h2-7,10H,8-9,11H2,1H3,(H,23,24). The Hall–Kier alpha value is -2.77. The van der Waals surface area contributed by atoms with E-state index in [-0.39, 0.29) is 12.5 Å². The molecule has 6 nitrogen and oxygen atoms in total. The van der Waals surface area contributed by atoms with Gasteiger partial charge in [-0.25, -0.2) is 4.98 Å². The van der Waals surface area contributed by atoms with Crippen LogP contribution < -0.4 is 19.5 Å². The van der Waals surface area contributed by atoms with Crippen LogP contribution in [-0.4, -0.2) is 24.1 Å². The normalized spacial score (nSPS) is 12.5. The second-order valence-corrected chi connectivity index (χ2v) is 7.60. The highest BCUT2D eigenvalue weighted by molar-refractivity contribution is 7.13. The van der Waals surface area contributed by atoms with E-state index in [1.54, 1.807) is 49.4 Å². The SMILES string of the molecule is Cc1nc(COc2ccc(Cl)cc2)sc1C(=O)Nc1ccc2c(c1)OCCO2. The third-order valence-corrected chi connectivity index (χ3v) is 5.40. The summed E-state index contributed by atoms with van der Waals surface area (Å²) in [6, 6.07) is 12.4. The van der Waals surface area contributed by atoms with Gasteiger partial charge in [0.1, 0.15) is 35.5 Å². The van der Waals surface area contributed by atoms with Gasteiger partial charge in [0.2, 0.25) is 0 Å².